The van der Waals surface area contributed by atoms with E-state index in [-0.39, 0.29) is 4.65 Å². The Morgan fingerprint density at radius 3 is 1.60 bits per heavy atom. The second kappa shape index (κ2) is 13.0. The van der Waals surface area contributed by atoms with Gasteiger partial charge in [0.2, 0.25) is 0 Å². The highest BCUT2D eigenvalue weighted by atomic mass is 32.1. The highest BCUT2D eigenvalue weighted by molar-refractivity contribution is 7.19. The molecule has 4 aliphatic carbocycles. The van der Waals surface area contributed by atoms with Crippen LogP contribution in [0, 0.1) is 0 Å². The monoisotopic (exact) mass is 649 g/mol. The minimum atomic E-state index is 0.0858. The Morgan fingerprint density at radius 1 is 0.689 bits per heavy atom. The van der Waals surface area contributed by atoms with Crippen LogP contribution >= 0.6 is 22.7 Å². The molecule has 0 aliphatic heterocycles. The van der Waals surface area contributed by atoms with Crippen LogP contribution in [0.25, 0.3) is 20.4 Å². The molecule has 0 spiro atoms. The molecule has 45 heavy (non-hydrogen) atoms. The van der Waals surface area contributed by atoms with Crippen LogP contribution in [0.5, 0.6) is 0 Å². The standard InChI is InChI=1S/C17H25N4OS.C17H24N4S/c1-21(2,22)12-8-6-11(7-9-12)20-16-15-13-4-3-5-14(13)23-17(15)19-10-18-16;1-21(2)12-8-6-11(7-9-12)20-16-15-13-4-3-5-14(13)22-17(15)19-10-18-16/h10-12,22H,3-9H2,1-2H3,(H,18,19,20);10-12H,3-9H2,1-2H3,(H,18,19,20)/q+1;. The molecule has 4 heterocycles. The number of aryl methyl sites for hydroxylation is 4. The number of quaternary nitrogens is 1. The van der Waals surface area contributed by atoms with Crippen LogP contribution in [0.4, 0.5) is 11.6 Å². The first kappa shape index (κ1) is 31.2. The number of nitrogens with one attached hydrogen (secondary N) is 2. The number of hydroxylamine groups is 3. The summed E-state index contributed by atoms with van der Waals surface area (Å²) in [5.41, 5.74) is 3.00. The van der Waals surface area contributed by atoms with Gasteiger partial charge in [0.25, 0.3) is 0 Å². The number of hydrogen-bond acceptors (Lipinski definition) is 10. The van der Waals surface area contributed by atoms with Crippen molar-refractivity contribution in [2.75, 3.05) is 38.8 Å². The molecule has 0 bridgehead atoms. The van der Waals surface area contributed by atoms with Crippen molar-refractivity contribution in [2.24, 2.45) is 0 Å². The van der Waals surface area contributed by atoms with E-state index in [2.05, 4.69) is 49.6 Å². The maximum atomic E-state index is 10.1. The van der Waals surface area contributed by atoms with Crippen LogP contribution in [-0.4, -0.2) is 87.0 Å². The molecule has 4 aromatic heterocycles. The maximum absolute atomic E-state index is 10.1. The third-order valence-corrected chi connectivity index (χ3v) is 13.1. The largest absolute Gasteiger partial charge is 0.367 e. The molecule has 4 aromatic rings. The number of hydrogen-bond donors (Lipinski definition) is 3. The van der Waals surface area contributed by atoms with Gasteiger partial charge in [0.1, 0.15) is 40.0 Å². The third-order valence-electron chi connectivity index (χ3n) is 10.7. The van der Waals surface area contributed by atoms with Gasteiger partial charge in [-0.2, -0.15) is 4.65 Å². The van der Waals surface area contributed by atoms with Crippen molar-refractivity contribution in [3.8, 4) is 0 Å². The molecular weight excluding hydrogens is 601 g/mol. The van der Waals surface area contributed by atoms with E-state index in [1.54, 1.807) is 12.7 Å². The van der Waals surface area contributed by atoms with Gasteiger partial charge in [-0.05, 0) is 102 Å². The zero-order chi connectivity index (χ0) is 31.1. The highest BCUT2D eigenvalue weighted by Crippen LogP contribution is 2.41. The predicted molar refractivity (Wildman–Crippen MR) is 186 cm³/mol. The van der Waals surface area contributed by atoms with E-state index in [1.807, 2.05) is 36.8 Å². The van der Waals surface area contributed by atoms with Crippen molar-refractivity contribution in [1.82, 2.24) is 24.8 Å². The first-order valence-electron chi connectivity index (χ1n) is 17.0. The van der Waals surface area contributed by atoms with Gasteiger partial charge in [0.05, 0.1) is 24.9 Å². The topological polar surface area (TPSA) is 99.1 Å². The number of anilines is 2. The first-order chi connectivity index (χ1) is 21.7. The molecule has 0 unspecified atom stereocenters. The summed E-state index contributed by atoms with van der Waals surface area (Å²) >= 11 is 3.71. The molecular formula is C34H49N8OS2+. The van der Waals surface area contributed by atoms with E-state index in [1.165, 1.54) is 101 Å². The van der Waals surface area contributed by atoms with Crippen molar-refractivity contribution in [1.29, 1.82) is 0 Å². The second-order valence-corrected chi connectivity index (χ2v) is 16.4. The van der Waals surface area contributed by atoms with Crippen LogP contribution in [0.1, 0.15) is 85.1 Å². The summed E-state index contributed by atoms with van der Waals surface area (Å²) in [7, 11) is 8.14. The van der Waals surface area contributed by atoms with E-state index < -0.39 is 0 Å². The number of nitrogens with zero attached hydrogens (tertiary/aromatic N) is 6. The Hall–Kier alpha value is -2.44. The number of fused-ring (bicyclic) bond motifs is 6. The highest BCUT2D eigenvalue weighted by Gasteiger charge is 2.33. The predicted octanol–water partition coefficient (Wildman–Crippen LogP) is 6.83. The van der Waals surface area contributed by atoms with Crippen molar-refractivity contribution in [3.05, 3.63) is 33.5 Å². The Balaban J connectivity index is 0.000000145. The van der Waals surface area contributed by atoms with E-state index in [0.717, 1.165) is 48.2 Å². The lowest BCUT2D eigenvalue weighted by molar-refractivity contribution is -1.09. The molecule has 2 saturated carbocycles. The molecule has 0 radical (unpaired) electrons. The van der Waals surface area contributed by atoms with Crippen molar-refractivity contribution in [3.63, 3.8) is 0 Å². The quantitative estimate of drug-likeness (QED) is 0.154. The summed E-state index contributed by atoms with van der Waals surface area (Å²) in [6, 6.07) is 2.11. The van der Waals surface area contributed by atoms with E-state index in [4.69, 9.17) is 0 Å². The molecule has 0 saturated heterocycles. The van der Waals surface area contributed by atoms with E-state index >= 15 is 0 Å². The Kier molecular flexibility index (Phi) is 9.00. The number of thiophene rings is 2. The molecule has 2 fully saturated rings. The van der Waals surface area contributed by atoms with Crippen LogP contribution in [0.2, 0.25) is 0 Å². The molecule has 3 N–H and O–H groups in total. The van der Waals surface area contributed by atoms with Gasteiger partial charge < -0.3 is 15.5 Å². The summed E-state index contributed by atoms with van der Waals surface area (Å²) in [6.07, 6.45) is 20.1. The molecule has 0 amide bonds. The Bertz CT molecular complexity index is 1630. The van der Waals surface area contributed by atoms with Gasteiger partial charge >= 0.3 is 0 Å². The molecule has 11 heteroatoms. The summed E-state index contributed by atoms with van der Waals surface area (Å²) in [4.78, 5) is 25.8. The van der Waals surface area contributed by atoms with Crippen molar-refractivity contribution in [2.45, 2.75) is 114 Å². The van der Waals surface area contributed by atoms with Crippen molar-refractivity contribution < 1.29 is 9.85 Å². The van der Waals surface area contributed by atoms with Crippen LogP contribution in [-0.2, 0) is 25.7 Å². The number of rotatable bonds is 6. The zero-order valence-corrected chi connectivity index (χ0v) is 28.9. The van der Waals surface area contributed by atoms with E-state index in [9.17, 15) is 5.21 Å². The summed E-state index contributed by atoms with van der Waals surface area (Å²) < 4.78 is 0.0858. The number of aromatic nitrogens is 4. The summed E-state index contributed by atoms with van der Waals surface area (Å²) in [5, 5.41) is 20.1. The summed E-state index contributed by atoms with van der Waals surface area (Å²) in [5.74, 6) is 2.10. The molecule has 4 aliphatic rings. The fourth-order valence-electron chi connectivity index (χ4n) is 8.05. The normalized spacial score (nSPS) is 24.8. The van der Waals surface area contributed by atoms with Gasteiger partial charge in [-0.3, -0.25) is 0 Å². The lowest BCUT2D eigenvalue weighted by Crippen LogP contribution is -2.48. The molecule has 0 atom stereocenters. The first-order valence-corrected chi connectivity index (χ1v) is 18.6. The summed E-state index contributed by atoms with van der Waals surface area (Å²) in [6.45, 7) is 0. The fraction of sp³-hybridized carbons (Fsp3) is 0.647. The van der Waals surface area contributed by atoms with Gasteiger partial charge in [-0.25, -0.2) is 25.1 Å². The van der Waals surface area contributed by atoms with Crippen LogP contribution in [0.3, 0.4) is 0 Å². The molecule has 242 valence electrons. The van der Waals surface area contributed by atoms with Crippen molar-refractivity contribution >= 4 is 54.7 Å². The van der Waals surface area contributed by atoms with Gasteiger partial charge in [0.15, 0.2) is 0 Å². The lowest BCUT2D eigenvalue weighted by Gasteiger charge is -2.36. The third kappa shape index (κ3) is 6.56. The van der Waals surface area contributed by atoms with Gasteiger partial charge in [0, 0.05) is 40.7 Å². The Labute approximate surface area is 275 Å². The average Bonchev–Trinajstić information content (AvgIpc) is 3.80. The molecule has 0 aromatic carbocycles. The van der Waals surface area contributed by atoms with Gasteiger partial charge in [-0.15, -0.1) is 22.7 Å². The molecule has 8 rings (SSSR count). The lowest BCUT2D eigenvalue weighted by atomic mass is 9.90. The van der Waals surface area contributed by atoms with E-state index in [0.29, 0.717) is 18.1 Å². The average molecular weight is 650 g/mol. The zero-order valence-electron chi connectivity index (χ0n) is 27.3. The second-order valence-electron chi connectivity index (χ2n) is 14.3. The Morgan fingerprint density at radius 2 is 1.16 bits per heavy atom. The fourth-order valence-corrected chi connectivity index (χ4v) is 10.5. The minimum absolute atomic E-state index is 0.0858. The van der Waals surface area contributed by atoms with Crippen LogP contribution in [0.15, 0.2) is 12.7 Å². The molecule has 9 nitrogen and oxygen atoms in total. The maximum Gasteiger partial charge on any atom is 0.138 e. The smallest absolute Gasteiger partial charge is 0.138 e. The minimum Gasteiger partial charge on any atom is -0.367 e. The van der Waals surface area contributed by atoms with Crippen LogP contribution < -0.4 is 10.6 Å². The van der Waals surface area contributed by atoms with Gasteiger partial charge in [-0.1, -0.05) is 0 Å². The SMILES string of the molecule is CN(C)C1CCC(Nc2ncnc3sc4c(c23)CCC4)CC1.C[N+](C)(O)C1CCC(Nc2ncnc3sc4c(c23)CCC4)CC1.